The largest absolute Gasteiger partial charge is 0.480 e. The second-order valence-electron chi connectivity index (χ2n) is 12.4. The van der Waals surface area contributed by atoms with Gasteiger partial charge in [0.1, 0.15) is 50.6 Å². The Balaban J connectivity index is 3.77. The summed E-state index contributed by atoms with van der Waals surface area (Å²) in [4.78, 5) is 104. The molecule has 4 unspecified atom stereocenters. The summed E-state index contributed by atoms with van der Waals surface area (Å²) < 4.78 is 20.6. The molecule has 1 saturated heterocycles. The Morgan fingerprint density at radius 1 is 0.375 bits per heavy atom. The number of nitrogens with zero attached hydrogens (tertiary/aromatic N) is 4. The minimum atomic E-state index is -1.53. The van der Waals surface area contributed by atoms with E-state index in [-0.39, 0.29) is 104 Å². The third-order valence-corrected chi connectivity index (χ3v) is 8.60. The maximum Gasteiger partial charge on any atom is 0.324 e. The minimum absolute atomic E-state index is 0.0705. The predicted octanol–water partition coefficient (Wildman–Crippen LogP) is -5.41. The molecule has 4 atom stereocenters. The van der Waals surface area contributed by atoms with Crippen molar-refractivity contribution in [2.45, 2.75) is 49.9 Å². The summed E-state index contributed by atoms with van der Waals surface area (Å²) in [7, 11) is 0. The van der Waals surface area contributed by atoms with Crippen molar-refractivity contribution in [3.8, 4) is 0 Å². The van der Waals surface area contributed by atoms with E-state index in [1.807, 2.05) is 0 Å². The van der Waals surface area contributed by atoms with Crippen LogP contribution in [0, 0.1) is 0 Å². The zero-order valence-electron chi connectivity index (χ0n) is 31.2. The van der Waals surface area contributed by atoms with Gasteiger partial charge in [0.25, 0.3) is 0 Å². The van der Waals surface area contributed by atoms with E-state index in [0.717, 1.165) is 0 Å². The molecule has 0 aromatic rings. The Labute approximate surface area is 322 Å². The second kappa shape index (κ2) is 27.1. The smallest absolute Gasteiger partial charge is 0.324 e. The molecule has 1 rings (SSSR count). The molecule has 320 valence electrons. The van der Waals surface area contributed by atoms with Gasteiger partial charge < -0.3 is 62.3 Å². The normalized spacial score (nSPS) is 17.5. The SMILES string of the molecule is NCCC(=O)OCC(C(=O)O)N1CCN(C(COC(=O)CCN)C(=O)O)CCN(C(COC(=O)CCN)C(=O)O)CCN(C(COC(=O)CCN)C(=O)O)CC1. The van der Waals surface area contributed by atoms with Crippen molar-refractivity contribution in [2.75, 3.05) is 105 Å². The van der Waals surface area contributed by atoms with Gasteiger partial charge in [-0.2, -0.15) is 0 Å². The van der Waals surface area contributed by atoms with Crippen LogP contribution in [0.5, 0.6) is 0 Å². The standard InChI is InChI=1S/C32H56N8O16/c33-5-1-25(41)53-17-21(29(45)46)37-9-11-38(22(30(47)48)18-54-26(42)2-6-34)13-15-40(24(32(51)52)20-56-28(44)4-8-36)16-14-39(12-10-37)23(31(49)50)19-55-27(43)3-7-35/h21-24H,1-20,33-36H2,(H,45,46)(H,47,48)(H,49,50)(H,51,52). The van der Waals surface area contributed by atoms with Gasteiger partial charge in [0, 0.05) is 78.5 Å². The lowest BCUT2D eigenvalue weighted by Gasteiger charge is -2.39. The fraction of sp³-hybridized carbons (Fsp3) is 0.750. The van der Waals surface area contributed by atoms with Gasteiger partial charge >= 0.3 is 47.8 Å². The van der Waals surface area contributed by atoms with E-state index < -0.39 is 98.3 Å². The first-order chi connectivity index (χ1) is 26.6. The number of carbonyl (C=O) groups excluding carboxylic acids is 4. The highest BCUT2D eigenvalue weighted by Gasteiger charge is 2.36. The Hall–Kier alpha value is -4.56. The van der Waals surface area contributed by atoms with Crippen LogP contribution in [0.2, 0.25) is 0 Å². The molecule has 1 heterocycles. The van der Waals surface area contributed by atoms with Gasteiger partial charge in [0.05, 0.1) is 25.7 Å². The lowest BCUT2D eigenvalue weighted by atomic mass is 10.1. The first-order valence-electron chi connectivity index (χ1n) is 17.9. The van der Waals surface area contributed by atoms with Gasteiger partial charge in [-0.3, -0.25) is 58.0 Å². The zero-order chi connectivity index (χ0) is 42.2. The summed E-state index contributed by atoms with van der Waals surface area (Å²) in [5.41, 5.74) is 21.6. The minimum Gasteiger partial charge on any atom is -0.480 e. The second-order valence-corrected chi connectivity index (χ2v) is 12.4. The van der Waals surface area contributed by atoms with E-state index in [4.69, 9.17) is 41.9 Å². The highest BCUT2D eigenvalue weighted by atomic mass is 16.5. The lowest BCUT2D eigenvalue weighted by molar-refractivity contribution is -0.158. The molecule has 1 fully saturated rings. The van der Waals surface area contributed by atoms with Crippen LogP contribution in [-0.4, -0.2) is 217 Å². The summed E-state index contributed by atoms with van der Waals surface area (Å²) in [6, 6.07) is -6.13. The number of nitrogens with two attached hydrogens (primary N) is 4. The first-order valence-corrected chi connectivity index (χ1v) is 17.9. The molecule has 24 nitrogen and oxygen atoms in total. The molecule has 0 amide bonds. The molecular weight excluding hydrogens is 752 g/mol. The number of rotatable bonds is 24. The van der Waals surface area contributed by atoms with Crippen molar-refractivity contribution in [1.82, 2.24) is 19.6 Å². The highest BCUT2D eigenvalue weighted by molar-refractivity contribution is 5.77. The van der Waals surface area contributed by atoms with Crippen molar-refractivity contribution >= 4 is 47.8 Å². The van der Waals surface area contributed by atoms with E-state index in [9.17, 15) is 58.8 Å². The quantitative estimate of drug-likeness (QED) is 0.0333. The fourth-order valence-corrected chi connectivity index (χ4v) is 5.50. The zero-order valence-corrected chi connectivity index (χ0v) is 31.2. The Kier molecular flexibility index (Phi) is 23.9. The molecule has 0 aromatic carbocycles. The average Bonchev–Trinajstić information content (AvgIpc) is 3.11. The molecule has 1 aliphatic heterocycles. The topological polar surface area (TPSA) is 371 Å². The third kappa shape index (κ3) is 18.4. The summed E-state index contributed by atoms with van der Waals surface area (Å²) in [6.45, 7) is -4.92. The van der Waals surface area contributed by atoms with E-state index in [0.29, 0.717) is 0 Å². The Bertz CT molecular complexity index is 1100. The number of carboxylic acid groups (broad SMARTS) is 4. The van der Waals surface area contributed by atoms with Crippen molar-refractivity contribution in [3.05, 3.63) is 0 Å². The van der Waals surface area contributed by atoms with Gasteiger partial charge in [-0.25, -0.2) is 0 Å². The summed E-state index contributed by atoms with van der Waals surface area (Å²) >= 11 is 0. The fourth-order valence-electron chi connectivity index (χ4n) is 5.50. The Morgan fingerprint density at radius 2 is 0.536 bits per heavy atom. The van der Waals surface area contributed by atoms with Crippen molar-refractivity contribution < 1.29 is 77.7 Å². The average molecular weight is 809 g/mol. The van der Waals surface area contributed by atoms with Crippen molar-refractivity contribution in [2.24, 2.45) is 22.9 Å². The van der Waals surface area contributed by atoms with Gasteiger partial charge in [0.2, 0.25) is 0 Å². The van der Waals surface area contributed by atoms with Gasteiger partial charge in [-0.1, -0.05) is 0 Å². The molecule has 12 N–H and O–H groups in total. The summed E-state index contributed by atoms with van der Waals surface area (Å²) in [5, 5.41) is 40.9. The molecule has 1 aliphatic rings. The molecule has 0 aliphatic carbocycles. The molecule has 0 spiro atoms. The van der Waals surface area contributed by atoms with E-state index >= 15 is 0 Å². The monoisotopic (exact) mass is 808 g/mol. The van der Waals surface area contributed by atoms with Crippen LogP contribution in [0.15, 0.2) is 0 Å². The Morgan fingerprint density at radius 3 is 0.661 bits per heavy atom. The van der Waals surface area contributed by atoms with Crippen LogP contribution < -0.4 is 22.9 Å². The van der Waals surface area contributed by atoms with Crippen LogP contribution in [-0.2, 0) is 57.3 Å². The molecule has 56 heavy (non-hydrogen) atoms. The molecule has 0 aromatic heterocycles. The number of aliphatic carboxylic acids is 4. The lowest BCUT2D eigenvalue weighted by Crippen LogP contribution is -2.58. The third-order valence-electron chi connectivity index (χ3n) is 8.60. The van der Waals surface area contributed by atoms with E-state index in [2.05, 4.69) is 0 Å². The number of hydrogen-bond donors (Lipinski definition) is 8. The molecule has 0 radical (unpaired) electrons. The van der Waals surface area contributed by atoms with E-state index in [1.165, 1.54) is 19.6 Å². The predicted molar refractivity (Wildman–Crippen MR) is 191 cm³/mol. The first kappa shape index (κ1) is 49.5. The number of carbonyl (C=O) groups is 8. The maximum absolute atomic E-state index is 12.6. The van der Waals surface area contributed by atoms with E-state index in [1.54, 1.807) is 0 Å². The molecule has 0 bridgehead atoms. The van der Waals surface area contributed by atoms with Gasteiger partial charge in [0.15, 0.2) is 0 Å². The van der Waals surface area contributed by atoms with Crippen LogP contribution in [0.1, 0.15) is 25.7 Å². The maximum atomic E-state index is 12.6. The number of carboxylic acids is 4. The highest BCUT2D eigenvalue weighted by Crippen LogP contribution is 2.14. The summed E-state index contributed by atoms with van der Waals surface area (Å²) in [5.74, 6) is -8.89. The molecular formula is C32H56N8O16. The van der Waals surface area contributed by atoms with Gasteiger partial charge in [-0.05, 0) is 0 Å². The number of ether oxygens (including phenoxy) is 4. The van der Waals surface area contributed by atoms with Crippen molar-refractivity contribution in [3.63, 3.8) is 0 Å². The molecule has 24 heteroatoms. The number of esters is 4. The van der Waals surface area contributed by atoms with Crippen LogP contribution in [0.4, 0.5) is 0 Å². The summed E-state index contributed by atoms with van der Waals surface area (Å²) in [6.07, 6.45) is -0.832. The number of hydrogen-bond acceptors (Lipinski definition) is 20. The van der Waals surface area contributed by atoms with Crippen LogP contribution >= 0.6 is 0 Å². The van der Waals surface area contributed by atoms with Crippen molar-refractivity contribution in [1.29, 1.82) is 0 Å². The van der Waals surface area contributed by atoms with Gasteiger partial charge in [-0.15, -0.1) is 0 Å². The van der Waals surface area contributed by atoms with Crippen LogP contribution in [0.25, 0.3) is 0 Å². The van der Waals surface area contributed by atoms with Crippen LogP contribution in [0.3, 0.4) is 0 Å². The molecule has 0 saturated carbocycles.